The van der Waals surface area contributed by atoms with Crippen molar-refractivity contribution in [2.45, 2.75) is 82.5 Å². The van der Waals surface area contributed by atoms with E-state index in [0.29, 0.717) is 19.3 Å². The summed E-state index contributed by atoms with van der Waals surface area (Å²) >= 11 is 0. The van der Waals surface area contributed by atoms with Crippen LogP contribution < -0.4 is 0 Å². The van der Waals surface area contributed by atoms with E-state index < -0.39 is 24.3 Å². The third-order valence-electron chi connectivity index (χ3n) is 5.89. The lowest BCUT2D eigenvalue weighted by atomic mass is 9.73. The fourth-order valence-electron chi connectivity index (χ4n) is 4.21. The van der Waals surface area contributed by atoms with Crippen LogP contribution in [0, 0.1) is 11.8 Å². The molecule has 27 heavy (non-hydrogen) atoms. The van der Waals surface area contributed by atoms with Gasteiger partial charge in [0, 0.05) is 6.42 Å². The molecule has 1 saturated carbocycles. The predicted octanol–water partition coefficient (Wildman–Crippen LogP) is 3.67. The molecule has 5 nitrogen and oxygen atoms in total. The van der Waals surface area contributed by atoms with E-state index in [-0.39, 0.29) is 18.3 Å². The highest BCUT2D eigenvalue weighted by atomic mass is 16.4. The van der Waals surface area contributed by atoms with Crippen molar-refractivity contribution in [2.24, 2.45) is 11.8 Å². The van der Waals surface area contributed by atoms with Crippen molar-refractivity contribution < 1.29 is 25.2 Å². The zero-order chi connectivity index (χ0) is 19.6. The second-order valence-corrected chi connectivity index (χ2v) is 7.98. The molecule has 5 heteroatoms. The van der Waals surface area contributed by atoms with E-state index in [1.165, 1.54) is 0 Å². The lowest BCUT2D eigenvalue weighted by Gasteiger charge is -2.37. The van der Waals surface area contributed by atoms with Crippen LogP contribution in [-0.4, -0.2) is 38.6 Å². The molecule has 0 aliphatic heterocycles. The van der Waals surface area contributed by atoms with E-state index in [0.717, 1.165) is 44.1 Å². The summed E-state index contributed by atoms with van der Waals surface area (Å²) in [5, 5.41) is 39.6. The van der Waals surface area contributed by atoms with Crippen LogP contribution in [0.5, 0.6) is 0 Å². The molecule has 0 bridgehead atoms. The number of carboxylic acids is 1. The van der Waals surface area contributed by atoms with Crippen molar-refractivity contribution in [3.05, 3.63) is 35.9 Å². The van der Waals surface area contributed by atoms with Crippen molar-refractivity contribution in [3.8, 4) is 0 Å². The van der Waals surface area contributed by atoms with Gasteiger partial charge in [-0.3, -0.25) is 4.79 Å². The van der Waals surface area contributed by atoms with E-state index in [2.05, 4.69) is 0 Å². The molecule has 152 valence electrons. The Labute approximate surface area is 162 Å². The first kappa shape index (κ1) is 21.9. The molecule has 0 aromatic heterocycles. The number of benzene rings is 1. The summed E-state index contributed by atoms with van der Waals surface area (Å²) in [7, 11) is 0. The molecule has 0 spiro atoms. The molecule has 4 N–H and O–H groups in total. The van der Waals surface area contributed by atoms with Crippen LogP contribution in [0.15, 0.2) is 30.3 Å². The van der Waals surface area contributed by atoms with Crippen LogP contribution in [-0.2, 0) is 4.79 Å². The molecule has 2 rings (SSSR count). The lowest BCUT2D eigenvalue weighted by molar-refractivity contribution is -0.137. The Morgan fingerprint density at radius 2 is 1.56 bits per heavy atom. The predicted molar refractivity (Wildman–Crippen MR) is 104 cm³/mol. The maximum absolute atomic E-state index is 10.5. The fourth-order valence-corrected chi connectivity index (χ4v) is 4.21. The Hall–Kier alpha value is -1.43. The van der Waals surface area contributed by atoms with Gasteiger partial charge in [-0.25, -0.2) is 0 Å². The van der Waals surface area contributed by atoms with Crippen molar-refractivity contribution in [1.82, 2.24) is 0 Å². The summed E-state index contributed by atoms with van der Waals surface area (Å²) in [6.07, 6.45) is 5.81. The second kappa shape index (κ2) is 11.4. The monoisotopic (exact) mass is 378 g/mol. The topological polar surface area (TPSA) is 98.0 Å². The van der Waals surface area contributed by atoms with Crippen molar-refractivity contribution in [3.63, 3.8) is 0 Å². The Kier molecular flexibility index (Phi) is 9.25. The standard InChI is InChI=1S/C22H34O5/c23-19(16-8-5-3-6-9-16)13-12-18-14-17(20(24)15-21(18)25)10-4-1-2-7-11-22(26)27/h3,5-6,8-9,17-21,23-25H,1-2,4,7,10-15H2,(H,26,27). The summed E-state index contributed by atoms with van der Waals surface area (Å²) < 4.78 is 0. The minimum atomic E-state index is -0.743. The smallest absolute Gasteiger partial charge is 0.303 e. The number of unbranched alkanes of at least 4 members (excludes halogenated alkanes) is 3. The maximum atomic E-state index is 10.5. The van der Waals surface area contributed by atoms with Crippen LogP contribution in [0.1, 0.15) is 75.9 Å². The number of rotatable bonds is 11. The number of aliphatic carboxylic acids is 1. The van der Waals surface area contributed by atoms with Crippen LogP contribution in [0.25, 0.3) is 0 Å². The van der Waals surface area contributed by atoms with Crippen LogP contribution in [0.3, 0.4) is 0 Å². The molecular weight excluding hydrogens is 344 g/mol. The summed E-state index contributed by atoms with van der Waals surface area (Å²) in [6.45, 7) is 0. The van der Waals surface area contributed by atoms with Crippen molar-refractivity contribution >= 4 is 5.97 Å². The van der Waals surface area contributed by atoms with E-state index >= 15 is 0 Å². The largest absolute Gasteiger partial charge is 0.481 e. The molecule has 1 aliphatic carbocycles. The third kappa shape index (κ3) is 7.60. The molecule has 1 aliphatic rings. The summed E-state index contributed by atoms with van der Waals surface area (Å²) in [5.41, 5.74) is 0.903. The third-order valence-corrected chi connectivity index (χ3v) is 5.89. The van der Waals surface area contributed by atoms with Crippen molar-refractivity contribution in [1.29, 1.82) is 0 Å². The number of hydrogen-bond acceptors (Lipinski definition) is 4. The minimum Gasteiger partial charge on any atom is -0.481 e. The van der Waals surface area contributed by atoms with E-state index in [1.54, 1.807) is 0 Å². The number of carboxylic acid groups (broad SMARTS) is 1. The first-order chi connectivity index (χ1) is 13.0. The number of carbonyl (C=O) groups is 1. The SMILES string of the molecule is O=C(O)CCCCCCC1CC(CCC(O)c2ccccc2)C(O)CC1O. The fraction of sp³-hybridized carbons (Fsp3) is 0.682. The normalized spacial score (nSPS) is 26.6. The molecular formula is C22H34O5. The lowest BCUT2D eigenvalue weighted by Crippen LogP contribution is -2.38. The van der Waals surface area contributed by atoms with E-state index in [9.17, 15) is 20.1 Å². The Morgan fingerprint density at radius 1 is 0.926 bits per heavy atom. The molecule has 0 heterocycles. The van der Waals surface area contributed by atoms with Crippen LogP contribution >= 0.6 is 0 Å². The maximum Gasteiger partial charge on any atom is 0.303 e. The minimum absolute atomic E-state index is 0.115. The van der Waals surface area contributed by atoms with Gasteiger partial charge in [0.1, 0.15) is 0 Å². The van der Waals surface area contributed by atoms with E-state index in [1.807, 2.05) is 30.3 Å². The number of aliphatic hydroxyl groups excluding tert-OH is 3. The quantitative estimate of drug-likeness (QED) is 0.440. The van der Waals surface area contributed by atoms with Gasteiger partial charge < -0.3 is 20.4 Å². The molecule has 1 aromatic rings. The van der Waals surface area contributed by atoms with Gasteiger partial charge in [0.25, 0.3) is 0 Å². The van der Waals surface area contributed by atoms with Gasteiger partial charge in [0.2, 0.25) is 0 Å². The first-order valence-corrected chi connectivity index (χ1v) is 10.3. The average molecular weight is 379 g/mol. The highest BCUT2D eigenvalue weighted by molar-refractivity contribution is 5.66. The summed E-state index contributed by atoms with van der Waals surface area (Å²) in [5.74, 6) is -0.442. The second-order valence-electron chi connectivity index (χ2n) is 7.98. The Morgan fingerprint density at radius 3 is 2.22 bits per heavy atom. The Bertz CT molecular complexity index is 547. The van der Waals surface area contributed by atoms with Crippen LogP contribution in [0.4, 0.5) is 0 Å². The van der Waals surface area contributed by atoms with Crippen LogP contribution in [0.2, 0.25) is 0 Å². The summed E-state index contributed by atoms with van der Waals surface area (Å²) in [6, 6.07) is 9.58. The molecule has 0 amide bonds. The molecule has 1 aromatic carbocycles. The van der Waals surface area contributed by atoms with Gasteiger partial charge in [-0.15, -0.1) is 0 Å². The van der Waals surface area contributed by atoms with Gasteiger partial charge in [-0.1, -0.05) is 49.6 Å². The molecule has 0 saturated heterocycles. The van der Waals surface area contributed by atoms with Gasteiger partial charge >= 0.3 is 5.97 Å². The Balaban J connectivity index is 1.72. The summed E-state index contributed by atoms with van der Waals surface area (Å²) in [4.78, 5) is 10.5. The zero-order valence-corrected chi connectivity index (χ0v) is 16.0. The number of aliphatic hydroxyl groups is 3. The molecule has 0 radical (unpaired) electrons. The van der Waals surface area contributed by atoms with Gasteiger partial charge in [-0.05, 0) is 55.9 Å². The first-order valence-electron chi connectivity index (χ1n) is 10.3. The molecule has 1 fully saturated rings. The zero-order valence-electron chi connectivity index (χ0n) is 16.0. The van der Waals surface area contributed by atoms with Gasteiger partial charge in [-0.2, -0.15) is 0 Å². The average Bonchev–Trinajstić information content (AvgIpc) is 2.65. The highest BCUT2D eigenvalue weighted by Crippen LogP contribution is 2.36. The number of hydrogen-bond donors (Lipinski definition) is 4. The molecule has 5 atom stereocenters. The van der Waals surface area contributed by atoms with Gasteiger partial charge in [0.05, 0.1) is 18.3 Å². The van der Waals surface area contributed by atoms with Gasteiger partial charge in [0.15, 0.2) is 0 Å². The van der Waals surface area contributed by atoms with Crippen molar-refractivity contribution in [2.75, 3.05) is 0 Å². The highest BCUT2D eigenvalue weighted by Gasteiger charge is 2.34. The molecule has 5 unspecified atom stereocenters. The van der Waals surface area contributed by atoms with E-state index in [4.69, 9.17) is 5.11 Å².